The molecule has 0 saturated carbocycles. The molecule has 0 radical (unpaired) electrons. The number of para-hydroxylation sites is 1. The standard InChI is InChI=1S/C18H21FN2O3/c1-5-21-11(2)10-14(12(21)3)18(23)24-13(4)17(22)20-16-9-7-6-8-15(16)19/h6-10,13H,5H2,1-4H3,(H,20,22)/t13-/m0/s1. The molecule has 2 rings (SSSR count). The van der Waals surface area contributed by atoms with Crippen LogP contribution in [0.2, 0.25) is 0 Å². The Morgan fingerprint density at radius 2 is 1.96 bits per heavy atom. The molecule has 0 aliphatic carbocycles. The second-order valence-electron chi connectivity index (χ2n) is 5.55. The van der Waals surface area contributed by atoms with Gasteiger partial charge in [0.25, 0.3) is 5.91 Å². The summed E-state index contributed by atoms with van der Waals surface area (Å²) in [5.41, 5.74) is 2.22. The van der Waals surface area contributed by atoms with Crippen LogP contribution >= 0.6 is 0 Å². The van der Waals surface area contributed by atoms with Crippen molar-refractivity contribution in [1.29, 1.82) is 0 Å². The third-order valence-electron chi connectivity index (χ3n) is 3.89. The molecular formula is C18H21FN2O3. The Labute approximate surface area is 140 Å². The van der Waals surface area contributed by atoms with Crippen molar-refractivity contribution >= 4 is 17.6 Å². The fraction of sp³-hybridized carbons (Fsp3) is 0.333. The lowest BCUT2D eigenvalue weighted by Crippen LogP contribution is -2.30. The van der Waals surface area contributed by atoms with E-state index in [4.69, 9.17) is 4.74 Å². The SMILES string of the molecule is CCn1c(C)cc(C(=O)O[C@@H](C)C(=O)Nc2ccccc2F)c1C. The van der Waals surface area contributed by atoms with Crippen LogP contribution in [0.15, 0.2) is 30.3 Å². The largest absolute Gasteiger partial charge is 0.449 e. The summed E-state index contributed by atoms with van der Waals surface area (Å²) in [6, 6.07) is 7.55. The molecule has 0 fully saturated rings. The van der Waals surface area contributed by atoms with Gasteiger partial charge in [-0.05, 0) is 45.9 Å². The summed E-state index contributed by atoms with van der Waals surface area (Å²) >= 11 is 0. The average Bonchev–Trinajstić information content (AvgIpc) is 2.83. The first-order valence-corrected chi connectivity index (χ1v) is 7.78. The van der Waals surface area contributed by atoms with E-state index in [0.717, 1.165) is 17.9 Å². The number of carbonyl (C=O) groups excluding carboxylic acids is 2. The molecule has 0 aliphatic heterocycles. The lowest BCUT2D eigenvalue weighted by atomic mass is 10.2. The van der Waals surface area contributed by atoms with Gasteiger partial charge in [0.05, 0.1) is 11.3 Å². The van der Waals surface area contributed by atoms with Gasteiger partial charge in [-0.3, -0.25) is 4.79 Å². The minimum absolute atomic E-state index is 0.0505. The molecule has 1 aromatic heterocycles. The molecule has 128 valence electrons. The highest BCUT2D eigenvalue weighted by Crippen LogP contribution is 2.17. The number of hydrogen-bond donors (Lipinski definition) is 1. The number of rotatable bonds is 5. The first-order chi connectivity index (χ1) is 11.3. The average molecular weight is 332 g/mol. The van der Waals surface area contributed by atoms with E-state index in [-0.39, 0.29) is 5.69 Å². The Bertz CT molecular complexity index is 768. The van der Waals surface area contributed by atoms with Crippen molar-refractivity contribution in [3.63, 3.8) is 0 Å². The molecule has 1 amide bonds. The fourth-order valence-electron chi connectivity index (χ4n) is 2.57. The van der Waals surface area contributed by atoms with Crippen molar-refractivity contribution in [2.45, 2.75) is 40.3 Å². The van der Waals surface area contributed by atoms with Gasteiger partial charge in [-0.15, -0.1) is 0 Å². The Balaban J connectivity index is 2.06. The van der Waals surface area contributed by atoms with Crippen molar-refractivity contribution in [3.8, 4) is 0 Å². The second-order valence-corrected chi connectivity index (χ2v) is 5.55. The molecule has 1 atom stereocenters. The van der Waals surface area contributed by atoms with Crippen LogP contribution in [0.1, 0.15) is 35.6 Å². The molecule has 0 bridgehead atoms. The van der Waals surface area contributed by atoms with Crippen LogP contribution in [-0.4, -0.2) is 22.5 Å². The number of benzene rings is 1. The van der Waals surface area contributed by atoms with Crippen molar-refractivity contribution in [2.24, 2.45) is 0 Å². The highest BCUT2D eigenvalue weighted by molar-refractivity contribution is 5.97. The number of aromatic nitrogens is 1. The molecule has 6 heteroatoms. The van der Waals surface area contributed by atoms with Gasteiger partial charge in [-0.25, -0.2) is 9.18 Å². The normalized spacial score (nSPS) is 11.9. The number of halogens is 1. The number of carbonyl (C=O) groups is 2. The minimum atomic E-state index is -1.04. The number of amides is 1. The van der Waals surface area contributed by atoms with Crippen LogP contribution in [0.3, 0.4) is 0 Å². The van der Waals surface area contributed by atoms with Crippen molar-refractivity contribution in [2.75, 3.05) is 5.32 Å². The quantitative estimate of drug-likeness (QED) is 0.853. The summed E-state index contributed by atoms with van der Waals surface area (Å²) in [6.45, 7) is 7.92. The topological polar surface area (TPSA) is 60.3 Å². The predicted molar refractivity (Wildman–Crippen MR) is 89.5 cm³/mol. The van der Waals surface area contributed by atoms with E-state index in [1.54, 1.807) is 12.1 Å². The number of anilines is 1. The molecule has 1 N–H and O–H groups in total. The van der Waals surface area contributed by atoms with Crippen molar-refractivity contribution in [3.05, 3.63) is 53.1 Å². The van der Waals surface area contributed by atoms with Gasteiger partial charge in [-0.1, -0.05) is 12.1 Å². The Kier molecular flexibility index (Phi) is 5.39. The predicted octanol–water partition coefficient (Wildman–Crippen LogP) is 3.45. The van der Waals surface area contributed by atoms with Gasteiger partial charge in [0.15, 0.2) is 6.10 Å². The molecular weight excluding hydrogens is 311 g/mol. The number of nitrogens with one attached hydrogen (secondary N) is 1. The number of hydrogen-bond acceptors (Lipinski definition) is 3. The maximum atomic E-state index is 13.6. The molecule has 0 spiro atoms. The smallest absolute Gasteiger partial charge is 0.340 e. The highest BCUT2D eigenvalue weighted by Gasteiger charge is 2.22. The number of esters is 1. The molecule has 1 aromatic carbocycles. The summed E-state index contributed by atoms with van der Waals surface area (Å²) in [6.07, 6.45) is -1.04. The number of ether oxygens (including phenoxy) is 1. The fourth-order valence-corrected chi connectivity index (χ4v) is 2.57. The second kappa shape index (κ2) is 7.29. The minimum Gasteiger partial charge on any atom is -0.449 e. The molecule has 0 saturated heterocycles. The van der Waals surface area contributed by atoms with E-state index in [0.29, 0.717) is 5.56 Å². The van der Waals surface area contributed by atoms with E-state index in [1.807, 2.05) is 25.3 Å². The summed E-state index contributed by atoms with van der Waals surface area (Å²) in [5, 5.41) is 2.41. The van der Waals surface area contributed by atoms with Crippen molar-refractivity contribution < 1.29 is 18.7 Å². The molecule has 2 aromatic rings. The molecule has 1 heterocycles. The Morgan fingerprint density at radius 3 is 2.54 bits per heavy atom. The van der Waals surface area contributed by atoms with E-state index < -0.39 is 23.8 Å². The van der Waals surface area contributed by atoms with Crippen LogP contribution in [0.4, 0.5) is 10.1 Å². The van der Waals surface area contributed by atoms with Crippen LogP contribution < -0.4 is 5.32 Å². The van der Waals surface area contributed by atoms with E-state index in [2.05, 4.69) is 5.32 Å². The number of aryl methyl sites for hydroxylation is 1. The third kappa shape index (κ3) is 3.64. The lowest BCUT2D eigenvalue weighted by Gasteiger charge is -2.14. The van der Waals surface area contributed by atoms with Gasteiger partial charge in [0.1, 0.15) is 5.82 Å². The Morgan fingerprint density at radius 1 is 1.29 bits per heavy atom. The molecule has 24 heavy (non-hydrogen) atoms. The molecule has 5 nitrogen and oxygen atoms in total. The zero-order chi connectivity index (χ0) is 17.9. The van der Waals surface area contributed by atoms with Gasteiger partial charge in [0, 0.05) is 17.9 Å². The van der Waals surface area contributed by atoms with Gasteiger partial charge in [0.2, 0.25) is 0 Å². The Hall–Kier alpha value is -2.63. The first kappa shape index (κ1) is 17.7. The summed E-state index contributed by atoms with van der Waals surface area (Å²) in [4.78, 5) is 24.4. The van der Waals surface area contributed by atoms with E-state index >= 15 is 0 Å². The van der Waals surface area contributed by atoms with Gasteiger partial charge >= 0.3 is 5.97 Å². The zero-order valence-electron chi connectivity index (χ0n) is 14.2. The van der Waals surface area contributed by atoms with E-state index in [1.165, 1.54) is 25.1 Å². The maximum Gasteiger partial charge on any atom is 0.340 e. The highest BCUT2D eigenvalue weighted by atomic mass is 19.1. The van der Waals surface area contributed by atoms with Crippen molar-refractivity contribution in [1.82, 2.24) is 4.57 Å². The van der Waals surface area contributed by atoms with E-state index in [9.17, 15) is 14.0 Å². The molecule has 0 unspecified atom stereocenters. The third-order valence-corrected chi connectivity index (χ3v) is 3.89. The van der Waals surface area contributed by atoms with Crippen LogP contribution in [0.25, 0.3) is 0 Å². The zero-order valence-corrected chi connectivity index (χ0v) is 14.2. The monoisotopic (exact) mass is 332 g/mol. The number of nitrogens with zero attached hydrogens (tertiary/aromatic N) is 1. The van der Waals surface area contributed by atoms with Crippen LogP contribution in [-0.2, 0) is 16.1 Å². The van der Waals surface area contributed by atoms with Gasteiger partial charge in [-0.2, -0.15) is 0 Å². The summed E-state index contributed by atoms with van der Waals surface area (Å²) < 4.78 is 20.8. The molecule has 0 aliphatic rings. The maximum absolute atomic E-state index is 13.6. The summed E-state index contributed by atoms with van der Waals surface area (Å²) in [7, 11) is 0. The van der Waals surface area contributed by atoms with Crippen LogP contribution in [0, 0.1) is 19.7 Å². The summed E-state index contributed by atoms with van der Waals surface area (Å²) in [5.74, 6) is -1.70. The first-order valence-electron chi connectivity index (χ1n) is 7.78. The van der Waals surface area contributed by atoms with Gasteiger partial charge < -0.3 is 14.6 Å². The lowest BCUT2D eigenvalue weighted by molar-refractivity contribution is -0.123. The van der Waals surface area contributed by atoms with Crippen LogP contribution in [0.5, 0.6) is 0 Å².